The number of hydrogen-bond donors (Lipinski definition) is 2. The molecule has 0 fully saturated rings. The maximum atomic E-state index is 12.1. The first kappa shape index (κ1) is 23.0. The number of carbonyl (C=O) groups is 1. The number of nitrogens with one attached hydrogen (secondary N) is 2. The van der Waals surface area contributed by atoms with Crippen LogP contribution in [-0.4, -0.2) is 43.3 Å². The number of carbonyl (C=O) groups excluding carboxylic acids is 1. The van der Waals surface area contributed by atoms with Gasteiger partial charge >= 0.3 is 0 Å². The molecule has 8 heteroatoms. The van der Waals surface area contributed by atoms with Gasteiger partial charge in [-0.05, 0) is 39.0 Å². The van der Waals surface area contributed by atoms with Crippen LogP contribution in [0.25, 0.3) is 0 Å². The van der Waals surface area contributed by atoms with Crippen LogP contribution in [0.3, 0.4) is 0 Å². The molecule has 0 spiro atoms. The second kappa shape index (κ2) is 11.0. The van der Waals surface area contributed by atoms with Gasteiger partial charge in [-0.2, -0.15) is 0 Å². The van der Waals surface area contributed by atoms with Gasteiger partial charge in [0, 0.05) is 40.9 Å². The molecule has 7 nitrogen and oxygen atoms in total. The van der Waals surface area contributed by atoms with Crippen molar-refractivity contribution in [2.75, 3.05) is 26.9 Å². The fraction of sp³-hybridized carbons (Fsp3) is 0.429. The summed E-state index contributed by atoms with van der Waals surface area (Å²) in [5, 5.41) is 6.19. The first-order chi connectivity index (χ1) is 13.8. The number of rotatable bonds is 10. The van der Waals surface area contributed by atoms with Gasteiger partial charge in [0.15, 0.2) is 18.1 Å². The summed E-state index contributed by atoms with van der Waals surface area (Å²) in [5.74, 6) is 1.50. The lowest BCUT2D eigenvalue weighted by molar-refractivity contribution is -0.124. The molecular weight excluding hydrogens is 438 g/mol. The van der Waals surface area contributed by atoms with E-state index >= 15 is 0 Å². The molecule has 2 N–H and O–H groups in total. The Labute approximate surface area is 180 Å². The van der Waals surface area contributed by atoms with Crippen molar-refractivity contribution < 1.29 is 19.0 Å². The van der Waals surface area contributed by atoms with E-state index in [1.54, 1.807) is 19.4 Å². The van der Waals surface area contributed by atoms with Gasteiger partial charge in [-0.15, -0.1) is 0 Å². The first-order valence-corrected chi connectivity index (χ1v) is 10.1. The average Bonchev–Trinajstić information content (AvgIpc) is 2.67. The first-order valence-electron chi connectivity index (χ1n) is 9.34. The maximum absolute atomic E-state index is 12.1. The zero-order chi connectivity index (χ0) is 21.3. The number of halogens is 1. The SMILES string of the molecule is COc1ccc(Br)c(CNCCOc2ccccn2)c1OCC(=O)NC(C)(C)C. The number of amides is 1. The van der Waals surface area contributed by atoms with E-state index in [0.29, 0.717) is 37.1 Å². The number of methoxy groups -OCH3 is 1. The molecule has 2 rings (SSSR count). The number of ether oxygens (including phenoxy) is 3. The summed E-state index contributed by atoms with van der Waals surface area (Å²) >= 11 is 3.55. The lowest BCUT2D eigenvalue weighted by Crippen LogP contribution is -2.43. The Bertz CT molecular complexity index is 795. The van der Waals surface area contributed by atoms with Gasteiger partial charge in [-0.3, -0.25) is 4.79 Å². The van der Waals surface area contributed by atoms with Crippen molar-refractivity contribution in [1.29, 1.82) is 0 Å². The second-order valence-corrected chi connectivity index (χ2v) is 8.19. The molecule has 0 bridgehead atoms. The van der Waals surface area contributed by atoms with Gasteiger partial charge in [0.1, 0.15) is 6.61 Å². The molecule has 0 aliphatic rings. The molecule has 1 amide bonds. The van der Waals surface area contributed by atoms with Crippen LogP contribution >= 0.6 is 15.9 Å². The largest absolute Gasteiger partial charge is 0.493 e. The van der Waals surface area contributed by atoms with Crippen molar-refractivity contribution in [3.8, 4) is 17.4 Å². The van der Waals surface area contributed by atoms with Gasteiger partial charge in [-0.25, -0.2) is 4.98 Å². The summed E-state index contributed by atoms with van der Waals surface area (Å²) in [6.07, 6.45) is 1.69. The van der Waals surface area contributed by atoms with Crippen LogP contribution in [0.5, 0.6) is 17.4 Å². The Kier molecular flexibility index (Phi) is 8.72. The Morgan fingerprint density at radius 1 is 1.17 bits per heavy atom. The molecule has 29 heavy (non-hydrogen) atoms. The van der Waals surface area contributed by atoms with E-state index in [0.717, 1.165) is 10.0 Å². The van der Waals surface area contributed by atoms with E-state index in [1.165, 1.54) is 0 Å². The molecule has 0 atom stereocenters. The average molecular weight is 466 g/mol. The summed E-state index contributed by atoms with van der Waals surface area (Å²) in [5.41, 5.74) is 0.547. The van der Waals surface area contributed by atoms with E-state index in [-0.39, 0.29) is 18.1 Å². The molecule has 0 aliphatic carbocycles. The van der Waals surface area contributed by atoms with Crippen LogP contribution in [0, 0.1) is 0 Å². The zero-order valence-corrected chi connectivity index (χ0v) is 18.8. The zero-order valence-electron chi connectivity index (χ0n) is 17.3. The summed E-state index contributed by atoms with van der Waals surface area (Å²) in [4.78, 5) is 16.3. The monoisotopic (exact) mass is 465 g/mol. The molecule has 0 unspecified atom stereocenters. The topological polar surface area (TPSA) is 81.7 Å². The highest BCUT2D eigenvalue weighted by atomic mass is 79.9. The molecule has 158 valence electrons. The van der Waals surface area contributed by atoms with E-state index in [4.69, 9.17) is 14.2 Å². The number of benzene rings is 1. The van der Waals surface area contributed by atoms with Crippen LogP contribution in [0.4, 0.5) is 0 Å². The summed E-state index contributed by atoms with van der Waals surface area (Å²) < 4.78 is 17.7. The number of aromatic nitrogens is 1. The number of hydrogen-bond acceptors (Lipinski definition) is 6. The van der Waals surface area contributed by atoms with Crippen molar-refractivity contribution in [2.24, 2.45) is 0 Å². The molecule has 1 aromatic carbocycles. The lowest BCUT2D eigenvalue weighted by Gasteiger charge is -2.21. The fourth-order valence-corrected chi connectivity index (χ4v) is 2.98. The molecular formula is C21H28BrN3O4. The van der Waals surface area contributed by atoms with Gasteiger partial charge in [0.25, 0.3) is 5.91 Å². The predicted molar refractivity (Wildman–Crippen MR) is 116 cm³/mol. The van der Waals surface area contributed by atoms with Crippen LogP contribution in [0.15, 0.2) is 41.0 Å². The van der Waals surface area contributed by atoms with Crippen LogP contribution in [-0.2, 0) is 11.3 Å². The Morgan fingerprint density at radius 3 is 2.62 bits per heavy atom. The van der Waals surface area contributed by atoms with Crippen LogP contribution < -0.4 is 24.8 Å². The minimum absolute atomic E-state index is 0.0974. The highest BCUT2D eigenvalue weighted by molar-refractivity contribution is 9.10. The Hall–Kier alpha value is -2.32. The predicted octanol–water partition coefficient (Wildman–Crippen LogP) is 3.31. The van der Waals surface area contributed by atoms with E-state index in [1.807, 2.05) is 45.0 Å². The van der Waals surface area contributed by atoms with Gasteiger partial charge < -0.3 is 24.8 Å². The Balaban J connectivity index is 1.96. The van der Waals surface area contributed by atoms with E-state index in [9.17, 15) is 4.79 Å². The van der Waals surface area contributed by atoms with E-state index < -0.39 is 0 Å². The third-order valence-corrected chi connectivity index (χ3v) is 4.46. The minimum Gasteiger partial charge on any atom is -0.493 e. The summed E-state index contributed by atoms with van der Waals surface area (Å²) in [7, 11) is 1.57. The Morgan fingerprint density at radius 2 is 1.97 bits per heavy atom. The van der Waals surface area contributed by atoms with Crippen LogP contribution in [0.2, 0.25) is 0 Å². The molecule has 1 heterocycles. The van der Waals surface area contributed by atoms with Crippen LogP contribution in [0.1, 0.15) is 26.3 Å². The second-order valence-electron chi connectivity index (χ2n) is 7.34. The number of pyridine rings is 1. The quantitative estimate of drug-likeness (QED) is 0.523. The molecule has 1 aromatic heterocycles. The van der Waals surface area contributed by atoms with Gasteiger partial charge in [0.05, 0.1) is 7.11 Å². The van der Waals surface area contributed by atoms with Gasteiger partial charge in [0.2, 0.25) is 5.88 Å². The highest BCUT2D eigenvalue weighted by Gasteiger charge is 2.18. The fourth-order valence-electron chi connectivity index (χ4n) is 2.53. The lowest BCUT2D eigenvalue weighted by atomic mass is 10.1. The molecule has 0 aliphatic heterocycles. The highest BCUT2D eigenvalue weighted by Crippen LogP contribution is 2.36. The normalized spacial score (nSPS) is 11.1. The van der Waals surface area contributed by atoms with Crippen molar-refractivity contribution in [2.45, 2.75) is 32.9 Å². The van der Waals surface area contributed by atoms with Gasteiger partial charge in [-0.1, -0.05) is 22.0 Å². The molecule has 0 radical (unpaired) electrons. The standard InChI is InChI=1S/C21H28BrN3O4/c1-21(2,3)25-18(26)14-29-20-15(16(22)8-9-17(20)27-4)13-23-11-12-28-19-7-5-6-10-24-19/h5-10,23H,11-14H2,1-4H3,(H,25,26). The van der Waals surface area contributed by atoms with Crippen molar-refractivity contribution >= 4 is 21.8 Å². The number of nitrogens with zero attached hydrogens (tertiary/aromatic N) is 1. The minimum atomic E-state index is -0.320. The third-order valence-electron chi connectivity index (χ3n) is 3.72. The molecule has 2 aromatic rings. The molecule has 0 saturated heterocycles. The summed E-state index contributed by atoms with van der Waals surface area (Å²) in [6.45, 7) is 7.28. The summed E-state index contributed by atoms with van der Waals surface area (Å²) in [6, 6.07) is 9.22. The maximum Gasteiger partial charge on any atom is 0.258 e. The molecule has 0 saturated carbocycles. The smallest absolute Gasteiger partial charge is 0.258 e. The third kappa shape index (κ3) is 7.91. The van der Waals surface area contributed by atoms with Crippen molar-refractivity contribution in [3.05, 3.63) is 46.6 Å². The van der Waals surface area contributed by atoms with E-state index in [2.05, 4.69) is 31.5 Å². The van der Waals surface area contributed by atoms with Crippen molar-refractivity contribution in [3.63, 3.8) is 0 Å². The van der Waals surface area contributed by atoms with Crippen molar-refractivity contribution in [1.82, 2.24) is 15.6 Å².